The van der Waals surface area contributed by atoms with Gasteiger partial charge in [0.15, 0.2) is 5.60 Å². The molecule has 0 radical (unpaired) electrons. The zero-order valence-electron chi connectivity index (χ0n) is 8.64. The van der Waals surface area contributed by atoms with Crippen LogP contribution in [0.25, 0.3) is 0 Å². The van der Waals surface area contributed by atoms with Gasteiger partial charge in [-0.2, -0.15) is 13.2 Å². The van der Waals surface area contributed by atoms with Crippen molar-refractivity contribution in [3.8, 4) is 0 Å². The van der Waals surface area contributed by atoms with E-state index in [1.165, 1.54) is 19.1 Å². The molecule has 1 aromatic carbocycles. The van der Waals surface area contributed by atoms with Crippen molar-refractivity contribution in [2.24, 2.45) is 0 Å². The van der Waals surface area contributed by atoms with Gasteiger partial charge >= 0.3 is 6.18 Å². The van der Waals surface area contributed by atoms with Gasteiger partial charge in [-0.1, -0.05) is 37.3 Å². The number of hydrogen-bond acceptors (Lipinski definition) is 1. The molecular formula is C11H13F3O. The quantitative estimate of drug-likeness (QED) is 0.754. The molecule has 4 heteroatoms. The summed E-state index contributed by atoms with van der Waals surface area (Å²) in [6.07, 6.45) is -4.55. The van der Waals surface area contributed by atoms with Gasteiger partial charge in [0.2, 0.25) is 0 Å². The summed E-state index contributed by atoms with van der Waals surface area (Å²) in [4.78, 5) is 0. The Kier molecular flexibility index (Phi) is 3.39. The maximum atomic E-state index is 12.9. The van der Waals surface area contributed by atoms with E-state index >= 15 is 0 Å². The van der Waals surface area contributed by atoms with Crippen LogP contribution >= 0.6 is 0 Å². The molecule has 0 saturated carbocycles. The van der Waals surface area contributed by atoms with Gasteiger partial charge in [0, 0.05) is 7.11 Å². The summed E-state index contributed by atoms with van der Waals surface area (Å²) in [5.74, 6) is 0. The molecule has 1 rings (SSSR count). The number of alkyl halides is 3. The molecule has 0 aliphatic rings. The number of hydrogen-bond donors (Lipinski definition) is 0. The fourth-order valence-corrected chi connectivity index (χ4v) is 1.65. The molecule has 0 aliphatic carbocycles. The van der Waals surface area contributed by atoms with Gasteiger partial charge < -0.3 is 4.74 Å². The average molecular weight is 218 g/mol. The number of ether oxygens (including phenoxy) is 1. The molecule has 0 amide bonds. The molecule has 1 aromatic rings. The summed E-state index contributed by atoms with van der Waals surface area (Å²) in [5, 5.41) is 0. The van der Waals surface area contributed by atoms with Crippen molar-refractivity contribution in [2.45, 2.75) is 25.1 Å². The molecule has 0 fully saturated rings. The Hall–Kier alpha value is -1.03. The van der Waals surface area contributed by atoms with Crippen molar-refractivity contribution in [2.75, 3.05) is 7.11 Å². The maximum Gasteiger partial charge on any atom is 0.421 e. The van der Waals surface area contributed by atoms with Crippen LogP contribution in [0.1, 0.15) is 18.9 Å². The first-order valence-electron chi connectivity index (χ1n) is 4.65. The molecular weight excluding hydrogens is 205 g/mol. The highest BCUT2D eigenvalue weighted by molar-refractivity contribution is 5.24. The van der Waals surface area contributed by atoms with E-state index < -0.39 is 11.8 Å². The standard InChI is InChI=1S/C11H13F3O/c1-3-10(15-2,11(12,13)14)9-7-5-4-6-8-9/h4-8H,3H2,1-2H3. The summed E-state index contributed by atoms with van der Waals surface area (Å²) in [6.45, 7) is 1.46. The maximum absolute atomic E-state index is 12.9. The van der Waals surface area contributed by atoms with Crippen molar-refractivity contribution in [1.29, 1.82) is 0 Å². The van der Waals surface area contributed by atoms with Crippen LogP contribution in [0.3, 0.4) is 0 Å². The van der Waals surface area contributed by atoms with E-state index in [-0.39, 0.29) is 12.0 Å². The van der Waals surface area contributed by atoms with Gasteiger partial charge in [0.25, 0.3) is 0 Å². The van der Waals surface area contributed by atoms with Crippen LogP contribution in [0.2, 0.25) is 0 Å². The molecule has 0 saturated heterocycles. The predicted octanol–water partition coefficient (Wildman–Crippen LogP) is 3.50. The van der Waals surface area contributed by atoms with Crippen LogP contribution < -0.4 is 0 Å². The van der Waals surface area contributed by atoms with Gasteiger partial charge in [0.1, 0.15) is 0 Å². The van der Waals surface area contributed by atoms with Crippen LogP contribution in [0.15, 0.2) is 30.3 Å². The van der Waals surface area contributed by atoms with Gasteiger partial charge in [-0.15, -0.1) is 0 Å². The number of halogens is 3. The van der Waals surface area contributed by atoms with Crippen molar-refractivity contribution in [1.82, 2.24) is 0 Å². The third kappa shape index (κ3) is 2.00. The first-order chi connectivity index (χ1) is 6.98. The van der Waals surface area contributed by atoms with E-state index in [1.807, 2.05) is 0 Å². The molecule has 0 spiro atoms. The lowest BCUT2D eigenvalue weighted by molar-refractivity contribution is -0.278. The predicted molar refractivity (Wildman–Crippen MR) is 51.5 cm³/mol. The van der Waals surface area contributed by atoms with Gasteiger partial charge in [-0.05, 0) is 12.0 Å². The normalized spacial score (nSPS) is 16.1. The Bertz CT molecular complexity index is 301. The topological polar surface area (TPSA) is 9.23 Å². The highest BCUT2D eigenvalue weighted by Crippen LogP contribution is 2.44. The lowest BCUT2D eigenvalue weighted by Crippen LogP contribution is -2.43. The Morgan fingerprint density at radius 1 is 1.13 bits per heavy atom. The van der Waals surface area contributed by atoms with Crippen LogP contribution in [0, 0.1) is 0 Å². The van der Waals surface area contributed by atoms with Crippen molar-refractivity contribution in [3.63, 3.8) is 0 Å². The Balaban J connectivity index is 3.24. The SMILES string of the molecule is CCC(OC)(c1ccccc1)C(F)(F)F. The molecule has 0 aromatic heterocycles. The molecule has 84 valence electrons. The van der Waals surface area contributed by atoms with E-state index in [4.69, 9.17) is 4.74 Å². The summed E-state index contributed by atoms with van der Waals surface area (Å²) in [5.41, 5.74) is -2.05. The fraction of sp³-hybridized carbons (Fsp3) is 0.455. The molecule has 0 aliphatic heterocycles. The second kappa shape index (κ2) is 4.23. The molecule has 1 unspecified atom stereocenters. The molecule has 0 heterocycles. The van der Waals surface area contributed by atoms with Crippen LogP contribution in [-0.2, 0) is 10.3 Å². The number of methoxy groups -OCH3 is 1. The minimum absolute atomic E-state index is 0.141. The zero-order valence-corrected chi connectivity index (χ0v) is 8.64. The van der Waals surface area contributed by atoms with Crippen LogP contribution in [-0.4, -0.2) is 13.3 Å². The second-order valence-electron chi connectivity index (χ2n) is 3.25. The zero-order chi connectivity index (χ0) is 11.5. The lowest BCUT2D eigenvalue weighted by Gasteiger charge is -2.33. The minimum atomic E-state index is -4.40. The van der Waals surface area contributed by atoms with E-state index in [9.17, 15) is 13.2 Å². The number of benzene rings is 1. The highest BCUT2D eigenvalue weighted by Gasteiger charge is 2.55. The van der Waals surface area contributed by atoms with E-state index in [0.717, 1.165) is 7.11 Å². The van der Waals surface area contributed by atoms with E-state index in [2.05, 4.69) is 0 Å². The van der Waals surface area contributed by atoms with E-state index in [0.29, 0.717) is 0 Å². The monoisotopic (exact) mass is 218 g/mol. The molecule has 1 nitrogen and oxygen atoms in total. The molecule has 15 heavy (non-hydrogen) atoms. The smallest absolute Gasteiger partial charge is 0.364 e. The average Bonchev–Trinajstić information content (AvgIpc) is 2.20. The largest absolute Gasteiger partial charge is 0.421 e. The van der Waals surface area contributed by atoms with Crippen molar-refractivity contribution >= 4 is 0 Å². The van der Waals surface area contributed by atoms with Gasteiger partial charge in [0.05, 0.1) is 0 Å². The van der Waals surface area contributed by atoms with Gasteiger partial charge in [-0.25, -0.2) is 0 Å². The second-order valence-corrected chi connectivity index (χ2v) is 3.25. The first kappa shape index (κ1) is 12.0. The van der Waals surface area contributed by atoms with Gasteiger partial charge in [-0.3, -0.25) is 0 Å². The lowest BCUT2D eigenvalue weighted by atomic mass is 9.90. The summed E-state index contributed by atoms with van der Waals surface area (Å²) in [7, 11) is 1.09. The Labute approximate surface area is 86.9 Å². The third-order valence-electron chi connectivity index (χ3n) is 2.54. The van der Waals surface area contributed by atoms with Crippen LogP contribution in [0.4, 0.5) is 13.2 Å². The fourth-order valence-electron chi connectivity index (χ4n) is 1.65. The Morgan fingerprint density at radius 3 is 2.00 bits per heavy atom. The summed E-state index contributed by atoms with van der Waals surface area (Å²) in [6, 6.07) is 7.69. The summed E-state index contributed by atoms with van der Waals surface area (Å²) >= 11 is 0. The minimum Gasteiger partial charge on any atom is -0.364 e. The first-order valence-corrected chi connectivity index (χ1v) is 4.65. The van der Waals surface area contributed by atoms with Crippen molar-refractivity contribution in [3.05, 3.63) is 35.9 Å². The summed E-state index contributed by atoms with van der Waals surface area (Å²) < 4.78 is 43.5. The highest BCUT2D eigenvalue weighted by atomic mass is 19.4. The number of rotatable bonds is 3. The van der Waals surface area contributed by atoms with Crippen LogP contribution in [0.5, 0.6) is 0 Å². The Morgan fingerprint density at radius 2 is 1.67 bits per heavy atom. The van der Waals surface area contributed by atoms with E-state index in [1.54, 1.807) is 18.2 Å². The molecule has 0 bridgehead atoms. The molecule has 0 N–H and O–H groups in total. The third-order valence-corrected chi connectivity index (χ3v) is 2.54. The van der Waals surface area contributed by atoms with Crippen molar-refractivity contribution < 1.29 is 17.9 Å². The molecule has 1 atom stereocenters.